The number of aromatic nitrogens is 1. The molecule has 1 N–H and O–H groups in total. The first-order chi connectivity index (χ1) is 10.3. The van der Waals surface area contributed by atoms with Crippen LogP contribution in [-0.4, -0.2) is 24.0 Å². The summed E-state index contributed by atoms with van der Waals surface area (Å²) in [4.78, 5) is 17.9. The number of amides is 1. The minimum atomic E-state index is -0.0685. The van der Waals surface area contributed by atoms with Crippen molar-refractivity contribution in [3.8, 4) is 5.75 Å². The summed E-state index contributed by atoms with van der Waals surface area (Å²) in [5, 5.41) is 4.02. The lowest BCUT2D eigenvalue weighted by molar-refractivity contribution is 0.0951. The van der Waals surface area contributed by atoms with Gasteiger partial charge in [0.2, 0.25) is 0 Å². The zero-order valence-corrected chi connectivity index (χ0v) is 12.8. The minimum Gasteiger partial charge on any atom is -0.492 e. The molecule has 2 heterocycles. The van der Waals surface area contributed by atoms with Gasteiger partial charge in [-0.05, 0) is 18.1 Å². The Labute approximate surface area is 128 Å². The van der Waals surface area contributed by atoms with E-state index in [4.69, 9.17) is 4.74 Å². The van der Waals surface area contributed by atoms with E-state index in [1.807, 2.05) is 24.4 Å². The zero-order valence-electron chi connectivity index (χ0n) is 12.0. The van der Waals surface area contributed by atoms with E-state index in [-0.39, 0.29) is 5.91 Å². The number of carbonyl (C=O) groups is 1. The lowest BCUT2D eigenvalue weighted by Gasteiger charge is -2.08. The Bertz CT molecular complexity index is 651. The fraction of sp³-hybridized carbons (Fsp3) is 0.375. The number of nitrogens with zero attached hydrogens (tertiary/aromatic N) is 1. The predicted octanol–water partition coefficient (Wildman–Crippen LogP) is 2.61. The van der Waals surface area contributed by atoms with Gasteiger partial charge in [-0.15, -0.1) is 11.3 Å². The molecule has 110 valence electrons. The third-order valence-corrected chi connectivity index (χ3v) is 4.73. The van der Waals surface area contributed by atoms with E-state index in [1.54, 1.807) is 11.3 Å². The maximum Gasteiger partial charge on any atom is 0.255 e. The van der Waals surface area contributed by atoms with E-state index in [9.17, 15) is 4.79 Å². The molecule has 0 unspecified atom stereocenters. The molecule has 0 fully saturated rings. The predicted molar refractivity (Wildman–Crippen MR) is 83.2 cm³/mol. The van der Waals surface area contributed by atoms with Crippen LogP contribution in [-0.2, 0) is 19.3 Å². The third kappa shape index (κ3) is 3.08. The van der Waals surface area contributed by atoms with Crippen LogP contribution >= 0.6 is 11.3 Å². The molecule has 1 amide bonds. The molecule has 5 heteroatoms. The molecule has 3 rings (SSSR count). The Morgan fingerprint density at radius 2 is 2.38 bits per heavy atom. The topological polar surface area (TPSA) is 51.2 Å². The van der Waals surface area contributed by atoms with Crippen LogP contribution in [0.3, 0.4) is 0 Å². The van der Waals surface area contributed by atoms with E-state index < -0.39 is 0 Å². The van der Waals surface area contributed by atoms with Gasteiger partial charge in [0.25, 0.3) is 5.91 Å². The summed E-state index contributed by atoms with van der Waals surface area (Å²) in [6, 6.07) is 5.75. The van der Waals surface area contributed by atoms with Crippen LogP contribution in [0, 0.1) is 0 Å². The molecule has 0 aliphatic carbocycles. The fourth-order valence-electron chi connectivity index (χ4n) is 2.40. The molecular weight excluding hydrogens is 284 g/mol. The van der Waals surface area contributed by atoms with Gasteiger partial charge in [0.1, 0.15) is 5.75 Å². The summed E-state index contributed by atoms with van der Waals surface area (Å²) in [7, 11) is 0. The van der Waals surface area contributed by atoms with Crippen molar-refractivity contribution < 1.29 is 9.53 Å². The molecule has 21 heavy (non-hydrogen) atoms. The molecule has 0 radical (unpaired) electrons. The fourth-order valence-corrected chi connectivity index (χ4v) is 3.26. The van der Waals surface area contributed by atoms with Gasteiger partial charge in [-0.25, -0.2) is 4.98 Å². The van der Waals surface area contributed by atoms with Gasteiger partial charge in [0.15, 0.2) is 0 Å². The van der Waals surface area contributed by atoms with Crippen LogP contribution < -0.4 is 10.1 Å². The largest absolute Gasteiger partial charge is 0.492 e. The Hall–Kier alpha value is -1.88. The Balaban J connectivity index is 1.58. The number of carbonyl (C=O) groups excluding carboxylic acids is 1. The second kappa shape index (κ2) is 6.26. The normalized spacial score (nSPS) is 12.8. The van der Waals surface area contributed by atoms with Gasteiger partial charge in [0, 0.05) is 30.5 Å². The molecule has 0 saturated heterocycles. The molecule has 4 nitrogen and oxygen atoms in total. The summed E-state index contributed by atoms with van der Waals surface area (Å²) in [5.74, 6) is 0.679. The van der Waals surface area contributed by atoms with Crippen LogP contribution in [0.1, 0.15) is 32.7 Å². The molecule has 0 bridgehead atoms. The quantitative estimate of drug-likeness (QED) is 0.923. The first kappa shape index (κ1) is 14.1. The van der Waals surface area contributed by atoms with Crippen LogP contribution in [0.5, 0.6) is 5.75 Å². The Kier molecular flexibility index (Phi) is 4.20. The number of fused-ring (bicyclic) bond motifs is 1. The third-order valence-electron chi connectivity index (χ3n) is 3.53. The second-order valence-corrected chi connectivity index (χ2v) is 6.17. The van der Waals surface area contributed by atoms with Crippen molar-refractivity contribution in [2.24, 2.45) is 0 Å². The summed E-state index contributed by atoms with van der Waals surface area (Å²) in [5.41, 5.74) is 1.76. The van der Waals surface area contributed by atoms with Crippen LogP contribution in [0.2, 0.25) is 0 Å². The van der Waals surface area contributed by atoms with Gasteiger partial charge in [-0.2, -0.15) is 0 Å². The van der Waals surface area contributed by atoms with E-state index in [0.29, 0.717) is 18.7 Å². The number of nitrogens with one attached hydrogen (secondary N) is 1. The molecule has 0 saturated carbocycles. The number of para-hydroxylation sites is 1. The Morgan fingerprint density at radius 3 is 3.19 bits per heavy atom. The second-order valence-electron chi connectivity index (χ2n) is 4.97. The van der Waals surface area contributed by atoms with E-state index in [2.05, 4.69) is 17.2 Å². The van der Waals surface area contributed by atoms with Crippen LogP contribution in [0.15, 0.2) is 24.4 Å². The lowest BCUT2D eigenvalue weighted by Crippen LogP contribution is -2.26. The summed E-state index contributed by atoms with van der Waals surface area (Å²) in [6.07, 6.45) is 4.58. The molecule has 1 aliphatic rings. The molecule has 2 aromatic rings. The summed E-state index contributed by atoms with van der Waals surface area (Å²) in [6.45, 7) is 3.38. The number of rotatable bonds is 5. The highest BCUT2D eigenvalue weighted by atomic mass is 32.1. The van der Waals surface area contributed by atoms with Gasteiger partial charge in [-0.3, -0.25) is 4.79 Å². The molecule has 0 atom stereocenters. The SMILES string of the molecule is CCc1cnc(CCNC(=O)c2cccc3c2OCC3)s1. The Morgan fingerprint density at radius 1 is 1.48 bits per heavy atom. The highest BCUT2D eigenvalue weighted by Crippen LogP contribution is 2.29. The minimum absolute atomic E-state index is 0.0685. The smallest absolute Gasteiger partial charge is 0.255 e. The number of thiazole rings is 1. The van der Waals surface area contributed by atoms with E-state index in [0.717, 1.165) is 35.6 Å². The lowest BCUT2D eigenvalue weighted by atomic mass is 10.1. The monoisotopic (exact) mass is 302 g/mol. The van der Waals surface area contributed by atoms with Crippen LogP contribution in [0.25, 0.3) is 0 Å². The highest BCUT2D eigenvalue weighted by molar-refractivity contribution is 7.11. The number of benzene rings is 1. The molecule has 0 spiro atoms. The van der Waals surface area contributed by atoms with Crippen molar-refractivity contribution in [2.45, 2.75) is 26.2 Å². The van der Waals surface area contributed by atoms with Gasteiger partial charge >= 0.3 is 0 Å². The number of hydrogen-bond acceptors (Lipinski definition) is 4. The van der Waals surface area contributed by atoms with E-state index in [1.165, 1.54) is 4.88 Å². The van der Waals surface area contributed by atoms with Gasteiger partial charge < -0.3 is 10.1 Å². The van der Waals surface area contributed by atoms with Crippen molar-refractivity contribution >= 4 is 17.2 Å². The standard InChI is InChI=1S/C16H18N2O2S/c1-2-12-10-18-14(21-12)6-8-17-16(19)13-5-3-4-11-7-9-20-15(11)13/h3-5,10H,2,6-9H2,1H3,(H,17,19). The first-order valence-electron chi connectivity index (χ1n) is 7.24. The van der Waals surface area contributed by atoms with Gasteiger partial charge in [-0.1, -0.05) is 19.1 Å². The summed E-state index contributed by atoms with van der Waals surface area (Å²) >= 11 is 1.71. The number of hydrogen-bond donors (Lipinski definition) is 1. The molecule has 1 aromatic heterocycles. The molecule has 1 aromatic carbocycles. The molecular formula is C16H18N2O2S. The van der Waals surface area contributed by atoms with Crippen LogP contribution in [0.4, 0.5) is 0 Å². The number of aryl methyl sites for hydroxylation is 1. The zero-order chi connectivity index (χ0) is 14.7. The van der Waals surface area contributed by atoms with Crippen molar-refractivity contribution in [1.29, 1.82) is 0 Å². The van der Waals surface area contributed by atoms with Crippen molar-refractivity contribution in [3.05, 3.63) is 45.4 Å². The average Bonchev–Trinajstić information content (AvgIpc) is 3.15. The van der Waals surface area contributed by atoms with Gasteiger partial charge in [0.05, 0.1) is 17.2 Å². The number of ether oxygens (including phenoxy) is 1. The van der Waals surface area contributed by atoms with Crippen molar-refractivity contribution in [1.82, 2.24) is 10.3 Å². The van der Waals surface area contributed by atoms with Crippen molar-refractivity contribution in [3.63, 3.8) is 0 Å². The van der Waals surface area contributed by atoms with Crippen molar-refractivity contribution in [2.75, 3.05) is 13.2 Å². The average molecular weight is 302 g/mol. The summed E-state index contributed by atoms with van der Waals surface area (Å²) < 4.78 is 5.56. The maximum absolute atomic E-state index is 12.2. The molecule has 1 aliphatic heterocycles. The maximum atomic E-state index is 12.2. The van der Waals surface area contributed by atoms with E-state index >= 15 is 0 Å². The highest BCUT2D eigenvalue weighted by Gasteiger charge is 2.20. The first-order valence-corrected chi connectivity index (χ1v) is 8.06.